The monoisotopic (exact) mass is 235 g/mol. The Morgan fingerprint density at radius 3 is 3.06 bits per heavy atom. The maximum absolute atomic E-state index is 12.2. The molecule has 1 aliphatic heterocycles. The van der Waals surface area contributed by atoms with Crippen molar-refractivity contribution in [3.05, 3.63) is 18.3 Å². The van der Waals surface area contributed by atoms with Gasteiger partial charge in [-0.05, 0) is 25.1 Å². The Balaban J connectivity index is 2.33. The van der Waals surface area contributed by atoms with Gasteiger partial charge >= 0.3 is 0 Å². The summed E-state index contributed by atoms with van der Waals surface area (Å²) in [6.07, 6.45) is 1.97. The fourth-order valence-electron chi connectivity index (χ4n) is 2.01. The molecule has 0 bridgehead atoms. The second-order valence-electron chi connectivity index (χ2n) is 4.16. The first kappa shape index (κ1) is 11.9. The maximum Gasteiger partial charge on any atom is 0.269 e. The summed E-state index contributed by atoms with van der Waals surface area (Å²) in [5.74, 6) is 1.18. The minimum absolute atomic E-state index is 0.0401. The molecule has 0 radical (unpaired) electrons. The number of carbonyl (C=O) groups is 1. The molecule has 5 heteroatoms. The number of hydrogen-bond acceptors (Lipinski definition) is 4. The van der Waals surface area contributed by atoms with Crippen LogP contribution in [0, 0.1) is 5.92 Å². The molecule has 2 rings (SSSR count). The molecule has 1 aromatic rings. The van der Waals surface area contributed by atoms with Crippen LogP contribution < -0.4 is 15.4 Å². The van der Waals surface area contributed by atoms with Crippen LogP contribution in [0.25, 0.3) is 0 Å². The molecule has 92 valence electrons. The van der Waals surface area contributed by atoms with Gasteiger partial charge in [0.15, 0.2) is 17.7 Å². The molecule has 1 aromatic heterocycles. The number of hydrogen-bond donors (Lipinski definition) is 1. The summed E-state index contributed by atoms with van der Waals surface area (Å²) in [6.45, 7) is 2.45. The summed E-state index contributed by atoms with van der Waals surface area (Å²) in [5, 5.41) is 0. The van der Waals surface area contributed by atoms with E-state index in [0.29, 0.717) is 18.1 Å². The highest BCUT2D eigenvalue weighted by molar-refractivity contribution is 5.98. The highest BCUT2D eigenvalue weighted by atomic mass is 16.5. The van der Waals surface area contributed by atoms with Gasteiger partial charge < -0.3 is 10.5 Å². The van der Waals surface area contributed by atoms with E-state index in [1.807, 2.05) is 13.0 Å². The van der Waals surface area contributed by atoms with Crippen LogP contribution >= 0.6 is 0 Å². The molecule has 0 fully saturated rings. The standard InChI is InChI=1S/C12H17N3O2/c1-3-8(7-13)10-12(16)15(2)11-9(17-10)5-4-6-14-11/h4-6,8,10H,3,7,13H2,1-2H3. The number of aromatic nitrogens is 1. The fraction of sp³-hybridized carbons (Fsp3) is 0.500. The largest absolute Gasteiger partial charge is 0.476 e. The Morgan fingerprint density at radius 2 is 2.41 bits per heavy atom. The van der Waals surface area contributed by atoms with Crippen molar-refractivity contribution in [1.29, 1.82) is 0 Å². The number of nitrogens with zero attached hydrogens (tertiary/aromatic N) is 2. The van der Waals surface area contributed by atoms with E-state index in [0.717, 1.165) is 6.42 Å². The van der Waals surface area contributed by atoms with Crippen LogP contribution in [-0.4, -0.2) is 30.6 Å². The molecule has 0 spiro atoms. The quantitative estimate of drug-likeness (QED) is 0.841. The van der Waals surface area contributed by atoms with Crippen molar-refractivity contribution >= 4 is 11.7 Å². The smallest absolute Gasteiger partial charge is 0.269 e. The van der Waals surface area contributed by atoms with Crippen molar-refractivity contribution in [3.63, 3.8) is 0 Å². The number of rotatable bonds is 3. The molecular formula is C12H17N3O2. The minimum Gasteiger partial charge on any atom is -0.476 e. The first-order chi connectivity index (χ1) is 8.19. The molecule has 2 unspecified atom stereocenters. The normalized spacial score (nSPS) is 20.8. The van der Waals surface area contributed by atoms with Crippen LogP contribution in [0.4, 0.5) is 5.82 Å². The number of fused-ring (bicyclic) bond motifs is 1. The van der Waals surface area contributed by atoms with Crippen molar-refractivity contribution in [1.82, 2.24) is 4.98 Å². The van der Waals surface area contributed by atoms with E-state index in [2.05, 4.69) is 4.98 Å². The Labute approximate surface area is 101 Å². The molecule has 1 amide bonds. The van der Waals surface area contributed by atoms with Crippen LogP contribution in [0.2, 0.25) is 0 Å². The molecule has 0 saturated heterocycles. The lowest BCUT2D eigenvalue weighted by Gasteiger charge is -2.34. The molecule has 1 aliphatic rings. The Kier molecular flexibility index (Phi) is 3.28. The maximum atomic E-state index is 12.2. The average molecular weight is 235 g/mol. The predicted molar refractivity (Wildman–Crippen MR) is 64.9 cm³/mol. The summed E-state index contributed by atoms with van der Waals surface area (Å²) in [6, 6.07) is 3.62. The molecule has 0 saturated carbocycles. The SMILES string of the molecule is CCC(CN)C1Oc2cccnc2N(C)C1=O. The van der Waals surface area contributed by atoms with Crippen LogP contribution in [0.3, 0.4) is 0 Å². The summed E-state index contributed by atoms with van der Waals surface area (Å²) in [5.41, 5.74) is 5.68. The van der Waals surface area contributed by atoms with E-state index in [-0.39, 0.29) is 11.8 Å². The number of likely N-dealkylation sites (N-methyl/N-ethyl adjacent to an activating group) is 1. The lowest BCUT2D eigenvalue weighted by atomic mass is 9.97. The zero-order valence-corrected chi connectivity index (χ0v) is 10.1. The van der Waals surface area contributed by atoms with Gasteiger partial charge in [0.1, 0.15) is 0 Å². The molecule has 2 N–H and O–H groups in total. The summed E-state index contributed by atoms with van der Waals surface area (Å²) in [7, 11) is 1.72. The Hall–Kier alpha value is -1.62. The van der Waals surface area contributed by atoms with Gasteiger partial charge in [0.25, 0.3) is 5.91 Å². The third-order valence-corrected chi connectivity index (χ3v) is 3.15. The molecule has 0 aromatic carbocycles. The molecule has 2 heterocycles. The van der Waals surface area contributed by atoms with Crippen molar-refractivity contribution in [3.8, 4) is 5.75 Å². The number of nitrogens with two attached hydrogens (primary N) is 1. The molecule has 0 aliphatic carbocycles. The van der Waals surface area contributed by atoms with E-state index in [4.69, 9.17) is 10.5 Å². The number of carbonyl (C=O) groups excluding carboxylic acids is 1. The van der Waals surface area contributed by atoms with Crippen LogP contribution in [0.5, 0.6) is 5.75 Å². The highest BCUT2D eigenvalue weighted by Gasteiger charge is 2.37. The highest BCUT2D eigenvalue weighted by Crippen LogP contribution is 2.32. The second-order valence-corrected chi connectivity index (χ2v) is 4.16. The first-order valence-corrected chi connectivity index (χ1v) is 5.78. The molecule has 17 heavy (non-hydrogen) atoms. The number of ether oxygens (including phenoxy) is 1. The Morgan fingerprint density at radius 1 is 1.65 bits per heavy atom. The average Bonchev–Trinajstić information content (AvgIpc) is 2.37. The van der Waals surface area contributed by atoms with Crippen LogP contribution in [-0.2, 0) is 4.79 Å². The third-order valence-electron chi connectivity index (χ3n) is 3.15. The van der Waals surface area contributed by atoms with Crippen molar-refractivity contribution < 1.29 is 9.53 Å². The third kappa shape index (κ3) is 1.98. The summed E-state index contributed by atoms with van der Waals surface area (Å²) >= 11 is 0. The van der Waals surface area contributed by atoms with E-state index < -0.39 is 6.10 Å². The molecular weight excluding hydrogens is 218 g/mol. The lowest BCUT2D eigenvalue weighted by Crippen LogP contribution is -2.49. The van der Waals surface area contributed by atoms with Crippen molar-refractivity contribution in [2.75, 3.05) is 18.5 Å². The predicted octanol–water partition coefficient (Wildman–Crippen LogP) is 0.790. The van der Waals surface area contributed by atoms with Gasteiger partial charge in [-0.2, -0.15) is 0 Å². The Bertz CT molecular complexity index is 418. The van der Waals surface area contributed by atoms with Gasteiger partial charge in [-0.15, -0.1) is 0 Å². The van der Waals surface area contributed by atoms with E-state index in [1.165, 1.54) is 0 Å². The number of pyridine rings is 1. The summed E-state index contributed by atoms with van der Waals surface area (Å²) in [4.78, 5) is 17.8. The van der Waals surface area contributed by atoms with Crippen LogP contribution in [0.15, 0.2) is 18.3 Å². The van der Waals surface area contributed by atoms with E-state index in [9.17, 15) is 4.79 Å². The van der Waals surface area contributed by atoms with Crippen LogP contribution in [0.1, 0.15) is 13.3 Å². The zero-order chi connectivity index (χ0) is 12.4. The van der Waals surface area contributed by atoms with Crippen molar-refractivity contribution in [2.24, 2.45) is 11.7 Å². The second kappa shape index (κ2) is 4.71. The van der Waals surface area contributed by atoms with Gasteiger partial charge in [0.2, 0.25) is 0 Å². The van der Waals surface area contributed by atoms with Gasteiger partial charge in [0.05, 0.1) is 0 Å². The number of amides is 1. The molecule has 2 atom stereocenters. The summed E-state index contributed by atoms with van der Waals surface area (Å²) < 4.78 is 5.72. The van der Waals surface area contributed by atoms with E-state index >= 15 is 0 Å². The number of anilines is 1. The van der Waals surface area contributed by atoms with Gasteiger partial charge in [-0.25, -0.2) is 4.98 Å². The minimum atomic E-state index is -0.494. The first-order valence-electron chi connectivity index (χ1n) is 5.78. The zero-order valence-electron chi connectivity index (χ0n) is 10.1. The van der Waals surface area contributed by atoms with Gasteiger partial charge in [-0.1, -0.05) is 6.92 Å². The topological polar surface area (TPSA) is 68.5 Å². The lowest BCUT2D eigenvalue weighted by molar-refractivity contribution is -0.128. The van der Waals surface area contributed by atoms with E-state index in [1.54, 1.807) is 24.2 Å². The van der Waals surface area contributed by atoms with Crippen molar-refractivity contribution in [2.45, 2.75) is 19.4 Å². The molecule has 5 nitrogen and oxygen atoms in total. The van der Waals surface area contributed by atoms with Gasteiger partial charge in [-0.3, -0.25) is 9.69 Å². The van der Waals surface area contributed by atoms with Gasteiger partial charge in [0, 0.05) is 19.2 Å². The fourth-order valence-corrected chi connectivity index (χ4v) is 2.01.